The molecular weight excluding hydrogens is 444 g/mol. The monoisotopic (exact) mass is 474 g/mol. The fraction of sp³-hybridized carbons (Fsp3) is 0.280. The first-order valence-corrected chi connectivity index (χ1v) is 11.4. The molecule has 1 aliphatic rings. The lowest BCUT2D eigenvalue weighted by Crippen LogP contribution is -2.48. The molecule has 1 aliphatic heterocycles. The average Bonchev–Trinajstić information content (AvgIpc) is 3.26. The number of aliphatic imine (C=N–C) groups is 1. The maximum atomic E-state index is 11.7. The summed E-state index contributed by atoms with van der Waals surface area (Å²) in [6.45, 7) is 10.1. The molecule has 0 radical (unpaired) electrons. The van der Waals surface area contributed by atoms with Gasteiger partial charge in [0.25, 0.3) is 0 Å². The Balaban J connectivity index is 1.65. The molecule has 35 heavy (non-hydrogen) atoms. The van der Waals surface area contributed by atoms with Crippen molar-refractivity contribution in [2.75, 3.05) is 32.1 Å². The minimum atomic E-state index is -0.616. The van der Waals surface area contributed by atoms with E-state index in [-0.39, 0.29) is 5.95 Å². The van der Waals surface area contributed by atoms with Gasteiger partial charge in [-0.1, -0.05) is 12.6 Å². The molecule has 3 aromatic rings. The van der Waals surface area contributed by atoms with Crippen molar-refractivity contribution in [3.05, 3.63) is 60.6 Å². The highest BCUT2D eigenvalue weighted by atomic mass is 16.5. The third-order valence-corrected chi connectivity index (χ3v) is 5.73. The Hall–Kier alpha value is -4.02. The van der Waals surface area contributed by atoms with Crippen LogP contribution in [-0.2, 0) is 11.3 Å². The van der Waals surface area contributed by atoms with E-state index < -0.39 is 6.09 Å². The molecule has 2 aromatic heterocycles. The zero-order chi connectivity index (χ0) is 24.8. The first-order chi connectivity index (χ1) is 17.0. The summed E-state index contributed by atoms with van der Waals surface area (Å²) < 4.78 is 4.67. The van der Waals surface area contributed by atoms with Crippen LogP contribution in [0.25, 0.3) is 27.9 Å². The van der Waals surface area contributed by atoms with Crippen LogP contribution in [0.5, 0.6) is 0 Å². The number of imidazole rings is 1. The van der Waals surface area contributed by atoms with E-state index in [9.17, 15) is 4.79 Å². The summed E-state index contributed by atoms with van der Waals surface area (Å²) >= 11 is 0. The van der Waals surface area contributed by atoms with Crippen LogP contribution in [0.4, 0.5) is 10.7 Å². The zero-order valence-corrected chi connectivity index (χ0v) is 19.9. The number of ether oxygens (including phenoxy) is 1. The number of aromatic nitrogens is 3. The minimum absolute atomic E-state index is 0.266. The van der Waals surface area contributed by atoms with E-state index in [4.69, 9.17) is 10.7 Å². The van der Waals surface area contributed by atoms with Crippen LogP contribution in [0, 0.1) is 0 Å². The number of allylic oxidation sites excluding steroid dienone is 1. The molecule has 3 heterocycles. The quantitative estimate of drug-likeness (QED) is 0.387. The van der Waals surface area contributed by atoms with Crippen LogP contribution in [0.3, 0.4) is 0 Å². The van der Waals surface area contributed by atoms with E-state index >= 15 is 0 Å². The molecule has 1 fully saturated rings. The van der Waals surface area contributed by atoms with Gasteiger partial charge >= 0.3 is 6.09 Å². The highest BCUT2D eigenvalue weighted by Gasteiger charge is 2.17. The van der Waals surface area contributed by atoms with Gasteiger partial charge in [0.2, 0.25) is 5.95 Å². The van der Waals surface area contributed by atoms with Gasteiger partial charge in [0.1, 0.15) is 0 Å². The smallest absolute Gasteiger partial charge is 0.413 e. The summed E-state index contributed by atoms with van der Waals surface area (Å²) in [4.78, 5) is 30.8. The van der Waals surface area contributed by atoms with Crippen molar-refractivity contribution in [2.45, 2.75) is 19.5 Å². The second-order valence-electron chi connectivity index (χ2n) is 8.36. The number of carbonyl (C=O) groups excluding carboxylic acids is 1. The third kappa shape index (κ3) is 5.92. The molecule has 1 amide bonds. The Bertz CT molecular complexity index is 1260. The fourth-order valence-corrected chi connectivity index (χ4v) is 4.04. The van der Waals surface area contributed by atoms with Crippen molar-refractivity contribution in [1.29, 1.82) is 0 Å². The van der Waals surface area contributed by atoms with Crippen molar-refractivity contribution in [2.24, 2.45) is 10.7 Å². The lowest BCUT2D eigenvalue weighted by Gasteiger charge is -2.31. The molecule has 1 atom stereocenters. The van der Waals surface area contributed by atoms with Gasteiger partial charge in [-0.25, -0.2) is 9.78 Å². The second-order valence-corrected chi connectivity index (χ2v) is 8.36. The second kappa shape index (κ2) is 10.9. The number of aromatic amines is 1. The molecule has 0 bridgehead atoms. The molecule has 1 saturated heterocycles. The number of hydrogen-bond acceptors (Lipinski definition) is 8. The largest absolute Gasteiger partial charge is 0.453 e. The van der Waals surface area contributed by atoms with Crippen molar-refractivity contribution in [3.8, 4) is 11.1 Å². The summed E-state index contributed by atoms with van der Waals surface area (Å²) in [5, 5.41) is 6.02. The topological polar surface area (TPSA) is 134 Å². The molecule has 0 saturated carbocycles. The predicted molar refractivity (Wildman–Crippen MR) is 139 cm³/mol. The Labute approximate surface area is 204 Å². The first kappa shape index (κ1) is 24.1. The molecular formula is C25H30N8O2. The van der Waals surface area contributed by atoms with E-state index in [1.54, 1.807) is 12.3 Å². The van der Waals surface area contributed by atoms with E-state index in [0.717, 1.165) is 43.0 Å². The van der Waals surface area contributed by atoms with Gasteiger partial charge in [0.15, 0.2) is 0 Å². The van der Waals surface area contributed by atoms with Gasteiger partial charge in [-0.05, 0) is 43.0 Å². The molecule has 10 nitrogen and oxygen atoms in total. The van der Waals surface area contributed by atoms with E-state index in [0.29, 0.717) is 28.3 Å². The summed E-state index contributed by atoms with van der Waals surface area (Å²) in [5.74, 6) is 0.266. The summed E-state index contributed by atoms with van der Waals surface area (Å²) in [7, 11) is 1.29. The van der Waals surface area contributed by atoms with Crippen LogP contribution in [0.1, 0.15) is 18.2 Å². The number of pyridine rings is 1. The maximum absolute atomic E-state index is 11.7. The number of rotatable bonds is 7. The summed E-state index contributed by atoms with van der Waals surface area (Å²) in [5.41, 5.74) is 10.8. The number of benzene rings is 1. The van der Waals surface area contributed by atoms with Crippen LogP contribution < -0.4 is 16.4 Å². The van der Waals surface area contributed by atoms with Crippen LogP contribution in [0.15, 0.2) is 54.3 Å². The van der Waals surface area contributed by atoms with Crippen LogP contribution in [-0.4, -0.2) is 64.9 Å². The number of hydrogen-bond donors (Lipinski definition) is 4. The molecule has 0 aliphatic carbocycles. The molecule has 5 N–H and O–H groups in total. The van der Waals surface area contributed by atoms with E-state index in [2.05, 4.69) is 60.9 Å². The van der Waals surface area contributed by atoms with Gasteiger partial charge in [-0.15, -0.1) is 0 Å². The lowest BCUT2D eigenvalue weighted by molar-refractivity contribution is 0.186. The highest BCUT2D eigenvalue weighted by molar-refractivity contribution is 5.96. The normalized spacial score (nSPS) is 16.8. The molecule has 1 aromatic carbocycles. The first-order valence-electron chi connectivity index (χ1n) is 11.4. The average molecular weight is 475 g/mol. The van der Waals surface area contributed by atoms with Gasteiger partial charge < -0.3 is 20.8 Å². The summed E-state index contributed by atoms with van der Waals surface area (Å²) in [6.07, 6.45) is 5.83. The highest BCUT2D eigenvalue weighted by Crippen LogP contribution is 2.31. The number of piperazine rings is 1. The summed E-state index contributed by atoms with van der Waals surface area (Å²) in [6, 6.07) is 8.52. The Morgan fingerprint density at radius 1 is 1.40 bits per heavy atom. The molecule has 4 rings (SSSR count). The van der Waals surface area contributed by atoms with Gasteiger partial charge in [-0.3, -0.25) is 20.2 Å². The number of amides is 1. The maximum Gasteiger partial charge on any atom is 0.413 e. The van der Waals surface area contributed by atoms with Gasteiger partial charge in [0.05, 0.1) is 29.5 Å². The fourth-order valence-electron chi connectivity index (χ4n) is 4.04. The molecule has 0 spiro atoms. The zero-order valence-electron chi connectivity index (χ0n) is 19.9. The standard InChI is InChI=1S/C25H30N8O2/c1-16-14-33(10-9-27-16)15-20-6-5-18(13-29-20)19-11-21(17(2)28-8-4-7-26)23-22(12-19)30-24(31-23)32-25(34)35-3/h4-8,11-13,16,27H,2,9-10,14-15,26H2,1,3H3,(H2,30,31,32,34)/b7-4-,28-8?. The molecule has 10 heteroatoms. The Kier molecular flexibility index (Phi) is 7.54. The van der Waals surface area contributed by atoms with E-state index in [1.807, 2.05) is 18.3 Å². The van der Waals surface area contributed by atoms with E-state index in [1.165, 1.54) is 13.3 Å². The number of anilines is 1. The number of nitrogens with zero attached hydrogens (tertiary/aromatic N) is 4. The number of nitrogens with one attached hydrogen (secondary N) is 3. The van der Waals surface area contributed by atoms with Crippen molar-refractivity contribution < 1.29 is 9.53 Å². The van der Waals surface area contributed by atoms with Crippen LogP contribution in [0.2, 0.25) is 0 Å². The molecule has 1 unspecified atom stereocenters. The van der Waals surface area contributed by atoms with Crippen LogP contribution >= 0.6 is 0 Å². The Morgan fingerprint density at radius 2 is 2.26 bits per heavy atom. The number of nitrogens with two attached hydrogens (primary N) is 1. The number of methoxy groups -OCH3 is 1. The van der Waals surface area contributed by atoms with Crippen molar-refractivity contribution >= 4 is 35.0 Å². The number of fused-ring (bicyclic) bond motifs is 1. The third-order valence-electron chi connectivity index (χ3n) is 5.73. The number of carbonyl (C=O) groups is 1. The number of H-pyrrole nitrogens is 1. The minimum Gasteiger partial charge on any atom is -0.453 e. The lowest BCUT2D eigenvalue weighted by atomic mass is 10.0. The van der Waals surface area contributed by atoms with Crippen molar-refractivity contribution in [1.82, 2.24) is 25.2 Å². The van der Waals surface area contributed by atoms with Crippen molar-refractivity contribution in [3.63, 3.8) is 0 Å². The SMILES string of the molecule is C=C(N=C/C=C\N)c1cc(-c2ccc(CN3CCNC(C)C3)nc2)cc2[nH]c(NC(=O)OC)nc12. The Morgan fingerprint density at radius 3 is 2.97 bits per heavy atom. The van der Waals surface area contributed by atoms with Gasteiger partial charge in [0, 0.05) is 55.8 Å². The predicted octanol–water partition coefficient (Wildman–Crippen LogP) is 3.11. The molecule has 182 valence electrons. The van der Waals surface area contributed by atoms with Gasteiger partial charge in [-0.2, -0.15) is 0 Å².